The standard InChI is InChI=1S/C18H16F2N2O4S/c1-3-27(23,24)14-4-5-16(25-2)15(9-14)22-18-21-10-17(26-18)11-6-12(19)8-13(20)7-11/h4-10H,3H2,1-2H3,(H,21,22). The van der Waals surface area contributed by atoms with Crippen molar-refractivity contribution in [2.24, 2.45) is 0 Å². The number of hydrogen-bond acceptors (Lipinski definition) is 6. The van der Waals surface area contributed by atoms with E-state index in [1.807, 2.05) is 0 Å². The molecule has 0 aliphatic rings. The zero-order valence-corrected chi connectivity index (χ0v) is 15.3. The van der Waals surface area contributed by atoms with Gasteiger partial charge < -0.3 is 14.5 Å². The van der Waals surface area contributed by atoms with Gasteiger partial charge in [-0.3, -0.25) is 0 Å². The first kappa shape index (κ1) is 18.8. The van der Waals surface area contributed by atoms with E-state index >= 15 is 0 Å². The van der Waals surface area contributed by atoms with Crippen LogP contribution in [0, 0.1) is 11.6 Å². The van der Waals surface area contributed by atoms with E-state index in [2.05, 4.69) is 10.3 Å². The number of methoxy groups -OCH3 is 1. The van der Waals surface area contributed by atoms with E-state index in [1.165, 1.54) is 31.5 Å². The highest BCUT2D eigenvalue weighted by molar-refractivity contribution is 7.91. The van der Waals surface area contributed by atoms with Crippen LogP contribution in [-0.4, -0.2) is 26.3 Å². The summed E-state index contributed by atoms with van der Waals surface area (Å²) in [5.74, 6) is -1.01. The van der Waals surface area contributed by atoms with Gasteiger partial charge in [0.15, 0.2) is 15.6 Å². The van der Waals surface area contributed by atoms with Gasteiger partial charge in [-0.2, -0.15) is 0 Å². The number of benzene rings is 2. The van der Waals surface area contributed by atoms with Crippen molar-refractivity contribution < 1.29 is 26.4 Å². The summed E-state index contributed by atoms with van der Waals surface area (Å²) in [5.41, 5.74) is 0.508. The Morgan fingerprint density at radius 2 is 1.85 bits per heavy atom. The Balaban J connectivity index is 1.94. The van der Waals surface area contributed by atoms with E-state index in [0.29, 0.717) is 11.4 Å². The zero-order chi connectivity index (χ0) is 19.6. The van der Waals surface area contributed by atoms with Gasteiger partial charge in [0.2, 0.25) is 0 Å². The number of hydrogen-bond donors (Lipinski definition) is 1. The number of nitrogens with one attached hydrogen (secondary N) is 1. The molecule has 0 fully saturated rings. The van der Waals surface area contributed by atoms with Crippen molar-refractivity contribution in [1.82, 2.24) is 4.98 Å². The predicted molar refractivity (Wildman–Crippen MR) is 95.9 cm³/mol. The van der Waals surface area contributed by atoms with Crippen LogP contribution in [0.3, 0.4) is 0 Å². The summed E-state index contributed by atoms with van der Waals surface area (Å²) >= 11 is 0. The van der Waals surface area contributed by atoms with Crippen LogP contribution >= 0.6 is 0 Å². The molecule has 0 atom stereocenters. The molecule has 0 bridgehead atoms. The molecular weight excluding hydrogens is 378 g/mol. The number of oxazole rings is 1. The van der Waals surface area contributed by atoms with Crippen LogP contribution in [-0.2, 0) is 9.84 Å². The Labute approximate surface area is 154 Å². The lowest BCUT2D eigenvalue weighted by Gasteiger charge is -2.10. The van der Waals surface area contributed by atoms with Crippen LogP contribution in [0.2, 0.25) is 0 Å². The largest absolute Gasteiger partial charge is 0.495 e. The fraction of sp³-hybridized carbons (Fsp3) is 0.167. The second-order valence-electron chi connectivity index (χ2n) is 5.58. The molecule has 0 saturated heterocycles. The number of anilines is 2. The van der Waals surface area contributed by atoms with E-state index in [4.69, 9.17) is 9.15 Å². The van der Waals surface area contributed by atoms with Crippen LogP contribution in [0.4, 0.5) is 20.5 Å². The lowest BCUT2D eigenvalue weighted by molar-refractivity contribution is 0.416. The van der Waals surface area contributed by atoms with Gasteiger partial charge in [-0.1, -0.05) is 6.92 Å². The molecule has 0 spiro atoms. The summed E-state index contributed by atoms with van der Waals surface area (Å²) in [5, 5.41) is 2.82. The van der Waals surface area contributed by atoms with Crippen molar-refractivity contribution in [3.8, 4) is 17.1 Å². The van der Waals surface area contributed by atoms with Crippen LogP contribution in [0.1, 0.15) is 6.92 Å². The normalized spacial score (nSPS) is 11.4. The first-order valence-corrected chi connectivity index (χ1v) is 9.57. The van der Waals surface area contributed by atoms with Gasteiger partial charge in [0.05, 0.1) is 29.6 Å². The number of aromatic nitrogens is 1. The number of sulfone groups is 1. The van der Waals surface area contributed by atoms with Crippen LogP contribution in [0.15, 0.2) is 51.9 Å². The maximum absolute atomic E-state index is 13.4. The fourth-order valence-corrected chi connectivity index (χ4v) is 3.33. The summed E-state index contributed by atoms with van der Waals surface area (Å²) in [6.07, 6.45) is 1.30. The fourth-order valence-electron chi connectivity index (χ4n) is 2.42. The highest BCUT2D eigenvalue weighted by atomic mass is 32.2. The van der Waals surface area contributed by atoms with Crippen molar-refractivity contribution in [2.45, 2.75) is 11.8 Å². The minimum atomic E-state index is -3.42. The van der Waals surface area contributed by atoms with Gasteiger partial charge in [0.25, 0.3) is 6.01 Å². The van der Waals surface area contributed by atoms with E-state index < -0.39 is 21.5 Å². The molecule has 2 aromatic carbocycles. The Bertz CT molecular complexity index is 1060. The first-order chi connectivity index (χ1) is 12.8. The molecule has 1 heterocycles. The molecule has 27 heavy (non-hydrogen) atoms. The third-order valence-electron chi connectivity index (χ3n) is 3.80. The molecule has 3 rings (SSSR count). The van der Waals surface area contributed by atoms with Crippen LogP contribution in [0.25, 0.3) is 11.3 Å². The van der Waals surface area contributed by atoms with Gasteiger partial charge in [-0.15, -0.1) is 0 Å². The summed E-state index contributed by atoms with van der Waals surface area (Å²) in [4.78, 5) is 4.12. The summed E-state index contributed by atoms with van der Waals surface area (Å²) in [6, 6.07) is 7.35. The van der Waals surface area contributed by atoms with Gasteiger partial charge in [-0.25, -0.2) is 22.2 Å². The molecule has 0 amide bonds. The van der Waals surface area contributed by atoms with E-state index in [-0.39, 0.29) is 28.0 Å². The summed E-state index contributed by atoms with van der Waals surface area (Å²) < 4.78 is 61.6. The van der Waals surface area contributed by atoms with E-state index in [9.17, 15) is 17.2 Å². The van der Waals surface area contributed by atoms with Crippen LogP contribution in [0.5, 0.6) is 5.75 Å². The number of halogens is 2. The minimum absolute atomic E-state index is 0.0130. The molecule has 6 nitrogen and oxygen atoms in total. The van der Waals surface area contributed by atoms with Crippen molar-refractivity contribution in [3.05, 3.63) is 54.2 Å². The molecule has 142 valence electrons. The molecule has 0 saturated carbocycles. The summed E-state index contributed by atoms with van der Waals surface area (Å²) in [7, 11) is -1.98. The highest BCUT2D eigenvalue weighted by Crippen LogP contribution is 2.32. The van der Waals surface area contributed by atoms with Gasteiger partial charge in [0.1, 0.15) is 17.4 Å². The number of rotatable bonds is 6. The molecule has 0 unspecified atom stereocenters. The molecule has 0 aliphatic carbocycles. The van der Waals surface area contributed by atoms with Crippen molar-refractivity contribution in [1.29, 1.82) is 0 Å². The SMILES string of the molecule is CCS(=O)(=O)c1ccc(OC)c(Nc2ncc(-c3cc(F)cc(F)c3)o2)c1. The second kappa shape index (κ2) is 7.36. The maximum atomic E-state index is 13.4. The molecule has 9 heteroatoms. The highest BCUT2D eigenvalue weighted by Gasteiger charge is 2.16. The lowest BCUT2D eigenvalue weighted by Crippen LogP contribution is -2.05. The predicted octanol–water partition coefficient (Wildman–Crippen LogP) is 4.17. The monoisotopic (exact) mass is 394 g/mol. The van der Waals surface area contributed by atoms with E-state index in [1.54, 1.807) is 6.92 Å². The Morgan fingerprint density at radius 3 is 2.48 bits per heavy atom. The molecular formula is C18H16F2N2O4S. The Kier molecular flexibility index (Phi) is 5.13. The zero-order valence-electron chi connectivity index (χ0n) is 14.5. The van der Waals surface area contributed by atoms with Crippen molar-refractivity contribution >= 4 is 21.5 Å². The molecule has 0 radical (unpaired) electrons. The Morgan fingerprint density at radius 1 is 1.15 bits per heavy atom. The van der Waals surface area contributed by atoms with Crippen molar-refractivity contribution in [2.75, 3.05) is 18.2 Å². The van der Waals surface area contributed by atoms with Gasteiger partial charge in [0, 0.05) is 11.6 Å². The topological polar surface area (TPSA) is 81.4 Å². The number of ether oxygens (including phenoxy) is 1. The maximum Gasteiger partial charge on any atom is 0.299 e. The van der Waals surface area contributed by atoms with Crippen LogP contribution < -0.4 is 10.1 Å². The molecule has 3 aromatic rings. The molecule has 1 N–H and O–H groups in total. The van der Waals surface area contributed by atoms with E-state index in [0.717, 1.165) is 18.2 Å². The Hall–Kier alpha value is -2.94. The van der Waals surface area contributed by atoms with Crippen molar-refractivity contribution in [3.63, 3.8) is 0 Å². The third kappa shape index (κ3) is 4.08. The number of nitrogens with zero attached hydrogens (tertiary/aromatic N) is 1. The minimum Gasteiger partial charge on any atom is -0.495 e. The molecule has 1 aromatic heterocycles. The first-order valence-electron chi connectivity index (χ1n) is 7.92. The lowest BCUT2D eigenvalue weighted by atomic mass is 10.2. The average Bonchev–Trinajstić information content (AvgIpc) is 3.09. The quantitative estimate of drug-likeness (QED) is 0.676. The average molecular weight is 394 g/mol. The smallest absolute Gasteiger partial charge is 0.299 e. The van der Waals surface area contributed by atoms with Gasteiger partial charge in [-0.05, 0) is 30.3 Å². The summed E-state index contributed by atoms with van der Waals surface area (Å²) in [6.45, 7) is 1.55. The second-order valence-corrected chi connectivity index (χ2v) is 7.86. The third-order valence-corrected chi connectivity index (χ3v) is 5.54. The molecule has 0 aliphatic heterocycles. The van der Waals surface area contributed by atoms with Gasteiger partial charge >= 0.3 is 0 Å².